The minimum Gasteiger partial charge on any atom is -0.495 e. The quantitative estimate of drug-likeness (QED) is 0.650. The Morgan fingerprint density at radius 1 is 1.33 bits per heavy atom. The monoisotopic (exact) mass is 333 g/mol. The normalized spacial score (nSPS) is 14.8. The summed E-state index contributed by atoms with van der Waals surface area (Å²) in [6, 6.07) is 4.93. The first-order valence-corrected chi connectivity index (χ1v) is 7.77. The Kier molecular flexibility index (Phi) is 5.68. The summed E-state index contributed by atoms with van der Waals surface area (Å²) < 4.78 is 10.1. The third kappa shape index (κ3) is 4.41. The highest BCUT2D eigenvalue weighted by atomic mass is 16.6. The van der Waals surface area contributed by atoms with Crippen molar-refractivity contribution in [2.75, 3.05) is 25.9 Å². The molecule has 0 aromatic heterocycles. The van der Waals surface area contributed by atoms with Crippen LogP contribution in [0.4, 0.5) is 10.5 Å². The maximum Gasteiger partial charge on any atom is 0.414 e. The molecule has 0 radical (unpaired) electrons. The van der Waals surface area contributed by atoms with Crippen LogP contribution in [0.5, 0.6) is 5.75 Å². The molecule has 0 atom stereocenters. The summed E-state index contributed by atoms with van der Waals surface area (Å²) in [7, 11) is 1.51. The fraction of sp³-hybridized carbons (Fsp3) is 0.412. The molecule has 7 nitrogen and oxygen atoms in total. The Morgan fingerprint density at radius 2 is 2.00 bits per heavy atom. The van der Waals surface area contributed by atoms with E-state index in [9.17, 15) is 9.59 Å². The fourth-order valence-corrected chi connectivity index (χ4v) is 2.54. The number of allylic oxidation sites excluding steroid dienone is 1. The Bertz CT molecular complexity index is 637. The Balaban J connectivity index is 1.88. The van der Waals surface area contributed by atoms with Crippen molar-refractivity contribution in [2.45, 2.75) is 25.8 Å². The van der Waals surface area contributed by atoms with E-state index in [0.717, 1.165) is 0 Å². The number of ether oxygens (including phenoxy) is 2. The first-order valence-electron chi connectivity index (χ1n) is 7.77. The molecule has 2 amide bonds. The lowest BCUT2D eigenvalue weighted by molar-refractivity contribution is 0.0898. The van der Waals surface area contributed by atoms with Crippen molar-refractivity contribution >= 4 is 17.7 Å². The summed E-state index contributed by atoms with van der Waals surface area (Å²) in [6.45, 7) is 6.24. The number of amides is 2. The molecular formula is C17H23N3O4. The second-order valence-corrected chi connectivity index (χ2v) is 5.76. The van der Waals surface area contributed by atoms with Gasteiger partial charge in [-0.15, -0.1) is 0 Å². The predicted molar refractivity (Wildman–Crippen MR) is 90.8 cm³/mol. The van der Waals surface area contributed by atoms with E-state index in [1.165, 1.54) is 7.11 Å². The molecule has 1 aliphatic heterocycles. The van der Waals surface area contributed by atoms with Gasteiger partial charge in [-0.05, 0) is 38.0 Å². The molecule has 0 spiro atoms. The summed E-state index contributed by atoms with van der Waals surface area (Å²) in [4.78, 5) is 25.7. The molecule has 3 N–H and O–H groups in total. The van der Waals surface area contributed by atoms with E-state index < -0.39 is 6.09 Å². The molecule has 0 saturated carbocycles. The van der Waals surface area contributed by atoms with Gasteiger partial charge < -0.3 is 25.4 Å². The maximum absolute atomic E-state index is 12.3. The Hall–Kier alpha value is -2.70. The number of nitrogens with one attached hydrogen (secondary N) is 1. The molecule has 1 aromatic rings. The number of hydrogen-bond acceptors (Lipinski definition) is 5. The van der Waals surface area contributed by atoms with E-state index in [1.54, 1.807) is 30.0 Å². The van der Waals surface area contributed by atoms with Crippen molar-refractivity contribution in [3.63, 3.8) is 0 Å². The number of anilines is 1. The lowest BCUT2D eigenvalue weighted by atomic mass is 10.0. The highest BCUT2D eigenvalue weighted by Crippen LogP contribution is 2.22. The zero-order valence-electron chi connectivity index (χ0n) is 14.0. The molecule has 2 rings (SSSR count). The van der Waals surface area contributed by atoms with Crippen LogP contribution < -0.4 is 15.8 Å². The van der Waals surface area contributed by atoms with Crippen LogP contribution in [0.15, 0.2) is 30.5 Å². The number of methoxy groups -OCH3 is 1. The van der Waals surface area contributed by atoms with E-state index in [0.29, 0.717) is 48.7 Å². The van der Waals surface area contributed by atoms with E-state index >= 15 is 0 Å². The third-order valence-electron chi connectivity index (χ3n) is 3.85. The number of likely N-dealkylation sites (tertiary alicyclic amines) is 1. The summed E-state index contributed by atoms with van der Waals surface area (Å²) in [5.41, 5.74) is 6.73. The fourth-order valence-electron chi connectivity index (χ4n) is 2.54. The third-order valence-corrected chi connectivity index (χ3v) is 3.85. The van der Waals surface area contributed by atoms with Gasteiger partial charge in [-0.2, -0.15) is 0 Å². The second-order valence-electron chi connectivity index (χ2n) is 5.76. The van der Waals surface area contributed by atoms with Gasteiger partial charge in [0.05, 0.1) is 18.6 Å². The Labute approximate surface area is 141 Å². The average Bonchev–Trinajstić information content (AvgIpc) is 2.55. The second kappa shape index (κ2) is 7.72. The molecule has 1 aliphatic rings. The number of carbonyl (C=O) groups excluding carboxylic acids is 2. The van der Waals surface area contributed by atoms with Crippen LogP contribution in [0.25, 0.3) is 0 Å². The molecule has 130 valence electrons. The van der Waals surface area contributed by atoms with Crippen LogP contribution in [0.2, 0.25) is 0 Å². The molecule has 1 saturated heterocycles. The average molecular weight is 333 g/mol. The lowest BCUT2D eigenvalue weighted by Crippen LogP contribution is -2.46. The molecule has 0 aliphatic carbocycles. The van der Waals surface area contributed by atoms with Crippen LogP contribution >= 0.6 is 0 Å². The predicted octanol–water partition coefficient (Wildman–Crippen LogP) is 2.14. The zero-order valence-corrected chi connectivity index (χ0v) is 14.0. The SMILES string of the molecule is C=C(C)OC(=O)N1CCC(NC(=O)c2ccc(N)c(OC)c2)CC1. The highest BCUT2D eigenvalue weighted by Gasteiger charge is 2.25. The van der Waals surface area contributed by atoms with Crippen molar-refractivity contribution in [1.29, 1.82) is 0 Å². The number of nitrogen functional groups attached to an aromatic ring is 1. The number of nitrogens with zero attached hydrogens (tertiary/aromatic N) is 1. The van der Waals surface area contributed by atoms with Gasteiger partial charge in [0.1, 0.15) is 5.75 Å². The van der Waals surface area contributed by atoms with E-state index in [1.807, 2.05) is 0 Å². The number of nitrogens with two attached hydrogens (primary N) is 1. The standard InChI is InChI=1S/C17H23N3O4/c1-11(2)24-17(22)20-8-6-13(7-9-20)19-16(21)12-4-5-14(18)15(10-12)23-3/h4-5,10,13H,1,6-9,18H2,2-3H3,(H,19,21). The number of carbonyl (C=O) groups is 2. The first kappa shape index (κ1) is 17.7. The van der Waals surface area contributed by atoms with Crippen LogP contribution in [-0.2, 0) is 4.74 Å². The number of benzene rings is 1. The van der Waals surface area contributed by atoms with Crippen LogP contribution in [0.3, 0.4) is 0 Å². The molecule has 1 aromatic carbocycles. The minimum absolute atomic E-state index is 0.00919. The van der Waals surface area contributed by atoms with E-state index in [4.69, 9.17) is 15.2 Å². The van der Waals surface area contributed by atoms with Crippen molar-refractivity contribution in [1.82, 2.24) is 10.2 Å². The molecule has 1 fully saturated rings. The molecule has 0 bridgehead atoms. The Morgan fingerprint density at radius 3 is 2.58 bits per heavy atom. The van der Waals surface area contributed by atoms with Gasteiger partial charge >= 0.3 is 6.09 Å². The lowest BCUT2D eigenvalue weighted by Gasteiger charge is -2.31. The molecular weight excluding hydrogens is 310 g/mol. The summed E-state index contributed by atoms with van der Waals surface area (Å²) in [5, 5.41) is 2.97. The van der Waals surface area contributed by atoms with E-state index in [-0.39, 0.29) is 11.9 Å². The maximum atomic E-state index is 12.3. The zero-order chi connectivity index (χ0) is 17.7. The van der Waals surface area contributed by atoms with E-state index in [2.05, 4.69) is 11.9 Å². The topological polar surface area (TPSA) is 93.9 Å². The van der Waals surface area contributed by atoms with Gasteiger partial charge in [0.2, 0.25) is 0 Å². The van der Waals surface area contributed by atoms with Gasteiger partial charge in [0, 0.05) is 24.7 Å². The van der Waals surface area contributed by atoms with Gasteiger partial charge in [-0.3, -0.25) is 4.79 Å². The molecule has 24 heavy (non-hydrogen) atoms. The number of rotatable bonds is 4. The van der Waals surface area contributed by atoms with Gasteiger partial charge in [-0.1, -0.05) is 6.58 Å². The first-order chi connectivity index (χ1) is 11.4. The van der Waals surface area contributed by atoms with Gasteiger partial charge in [0.15, 0.2) is 0 Å². The van der Waals surface area contributed by atoms with Crippen molar-refractivity contribution in [3.8, 4) is 5.75 Å². The molecule has 7 heteroatoms. The van der Waals surface area contributed by atoms with Crippen molar-refractivity contribution < 1.29 is 19.1 Å². The van der Waals surface area contributed by atoms with Gasteiger partial charge in [-0.25, -0.2) is 4.79 Å². The summed E-state index contributed by atoms with van der Waals surface area (Å²) >= 11 is 0. The van der Waals surface area contributed by atoms with Crippen LogP contribution in [-0.4, -0.2) is 43.1 Å². The van der Waals surface area contributed by atoms with Crippen molar-refractivity contribution in [2.24, 2.45) is 0 Å². The largest absolute Gasteiger partial charge is 0.495 e. The number of piperidine rings is 1. The van der Waals surface area contributed by atoms with Crippen molar-refractivity contribution in [3.05, 3.63) is 36.1 Å². The molecule has 0 unspecified atom stereocenters. The summed E-state index contributed by atoms with van der Waals surface area (Å²) in [6.07, 6.45) is 0.947. The summed E-state index contributed by atoms with van der Waals surface area (Å²) in [5.74, 6) is 0.656. The van der Waals surface area contributed by atoms with Crippen LogP contribution in [0, 0.1) is 0 Å². The van der Waals surface area contributed by atoms with Crippen LogP contribution in [0.1, 0.15) is 30.1 Å². The smallest absolute Gasteiger partial charge is 0.414 e. The van der Waals surface area contributed by atoms with Gasteiger partial charge in [0.25, 0.3) is 5.91 Å². The highest BCUT2D eigenvalue weighted by molar-refractivity contribution is 5.95. The number of hydrogen-bond donors (Lipinski definition) is 2. The molecule has 1 heterocycles. The minimum atomic E-state index is -0.393.